The lowest BCUT2D eigenvalue weighted by Gasteiger charge is -2.34. The van der Waals surface area contributed by atoms with Crippen molar-refractivity contribution in [2.24, 2.45) is 11.8 Å². The smallest absolute Gasteiger partial charge is 0.410 e. The first-order valence-electron chi connectivity index (χ1n) is 11.9. The minimum absolute atomic E-state index is 0.130. The molecule has 10 nitrogen and oxygen atoms in total. The fourth-order valence-corrected chi connectivity index (χ4v) is 3.63. The Labute approximate surface area is 211 Å². The predicted octanol–water partition coefficient (Wildman–Crippen LogP) is 3.51. The molecule has 0 aliphatic carbocycles. The zero-order valence-electron chi connectivity index (χ0n) is 22.5. The number of likely N-dealkylation sites (tertiary alicyclic amines) is 2. The molecule has 208 valence electrons. The SMILES string of the molecule is COC(=O)[C@@H]1CCN(C(=O)OC(C)(C)C)C[C@@H]1F.COC(=O)[C@H]1CCN(C(=O)OC(C)(C)C)C[C@H]1F. The largest absolute Gasteiger partial charge is 0.469 e. The Hall–Kier alpha value is -2.66. The number of halogens is 2. The predicted molar refractivity (Wildman–Crippen MR) is 126 cm³/mol. The molecule has 4 atom stereocenters. The highest BCUT2D eigenvalue weighted by atomic mass is 19.1. The number of alkyl halides is 2. The van der Waals surface area contributed by atoms with Crippen LogP contribution in [0.2, 0.25) is 0 Å². The summed E-state index contributed by atoms with van der Waals surface area (Å²) < 4.78 is 46.9. The summed E-state index contributed by atoms with van der Waals surface area (Å²) in [7, 11) is 2.46. The molecule has 36 heavy (non-hydrogen) atoms. The molecule has 0 radical (unpaired) electrons. The molecule has 0 saturated carbocycles. The monoisotopic (exact) mass is 522 g/mol. The van der Waals surface area contributed by atoms with Crippen LogP contribution in [-0.2, 0) is 28.5 Å². The molecule has 2 aliphatic heterocycles. The van der Waals surface area contributed by atoms with Gasteiger partial charge in [0.05, 0.1) is 39.1 Å². The van der Waals surface area contributed by atoms with Gasteiger partial charge in [0.2, 0.25) is 0 Å². The fraction of sp³-hybridized carbons (Fsp3) is 0.833. The highest BCUT2D eigenvalue weighted by Gasteiger charge is 2.39. The van der Waals surface area contributed by atoms with Gasteiger partial charge in [-0.1, -0.05) is 0 Å². The third-order valence-corrected chi connectivity index (χ3v) is 5.39. The van der Waals surface area contributed by atoms with E-state index in [2.05, 4.69) is 9.47 Å². The molecule has 0 spiro atoms. The van der Waals surface area contributed by atoms with Crippen LogP contribution in [-0.4, -0.2) is 97.9 Å². The molecule has 2 aliphatic rings. The van der Waals surface area contributed by atoms with Crippen molar-refractivity contribution >= 4 is 24.1 Å². The Morgan fingerprint density at radius 2 is 0.972 bits per heavy atom. The van der Waals surface area contributed by atoms with E-state index in [1.54, 1.807) is 41.5 Å². The number of methoxy groups -OCH3 is 2. The molecule has 2 amide bonds. The van der Waals surface area contributed by atoms with E-state index in [-0.39, 0.29) is 25.9 Å². The molecule has 0 unspecified atom stereocenters. The maximum atomic E-state index is 13.8. The van der Waals surface area contributed by atoms with Crippen LogP contribution in [0.3, 0.4) is 0 Å². The van der Waals surface area contributed by atoms with Gasteiger partial charge in [0.15, 0.2) is 0 Å². The minimum atomic E-state index is -1.40. The maximum absolute atomic E-state index is 13.8. The van der Waals surface area contributed by atoms with E-state index >= 15 is 0 Å². The van der Waals surface area contributed by atoms with Gasteiger partial charge in [-0.25, -0.2) is 18.4 Å². The molecule has 0 bridgehead atoms. The number of esters is 2. The Morgan fingerprint density at radius 1 is 0.667 bits per heavy atom. The van der Waals surface area contributed by atoms with Gasteiger partial charge < -0.3 is 28.7 Å². The Bertz CT molecular complexity index is 717. The first-order chi connectivity index (χ1) is 16.5. The van der Waals surface area contributed by atoms with Crippen molar-refractivity contribution in [2.75, 3.05) is 40.4 Å². The second-order valence-electron chi connectivity index (χ2n) is 10.7. The molecule has 0 aromatic heterocycles. The molecular formula is C24H40F2N2O8. The highest BCUT2D eigenvalue weighted by molar-refractivity contribution is 5.75. The van der Waals surface area contributed by atoms with Crippen LogP contribution in [0.25, 0.3) is 0 Å². The van der Waals surface area contributed by atoms with Gasteiger partial charge >= 0.3 is 24.1 Å². The Kier molecular flexibility index (Phi) is 11.4. The summed E-state index contributed by atoms with van der Waals surface area (Å²) in [5.74, 6) is -2.69. The number of hydrogen-bond donors (Lipinski definition) is 0. The van der Waals surface area contributed by atoms with Crippen molar-refractivity contribution in [3.8, 4) is 0 Å². The number of ether oxygens (including phenoxy) is 4. The summed E-state index contributed by atoms with van der Waals surface area (Å²) in [6.45, 7) is 10.8. The van der Waals surface area contributed by atoms with Gasteiger partial charge in [-0.15, -0.1) is 0 Å². The number of carbonyl (C=O) groups excluding carboxylic acids is 4. The van der Waals surface area contributed by atoms with Crippen LogP contribution >= 0.6 is 0 Å². The quantitative estimate of drug-likeness (QED) is 0.400. The summed E-state index contributed by atoms with van der Waals surface area (Å²) in [6, 6.07) is 0. The third-order valence-electron chi connectivity index (χ3n) is 5.39. The topological polar surface area (TPSA) is 112 Å². The van der Waals surface area contributed by atoms with E-state index in [1.165, 1.54) is 24.0 Å². The Balaban J connectivity index is 0.000000360. The lowest BCUT2D eigenvalue weighted by Crippen LogP contribution is -2.48. The number of piperidine rings is 2. The van der Waals surface area contributed by atoms with Crippen LogP contribution in [0.5, 0.6) is 0 Å². The average Bonchev–Trinajstić information content (AvgIpc) is 2.76. The third kappa shape index (κ3) is 10.1. The van der Waals surface area contributed by atoms with Gasteiger partial charge in [0, 0.05) is 13.1 Å². The van der Waals surface area contributed by atoms with E-state index in [0.29, 0.717) is 13.1 Å². The van der Waals surface area contributed by atoms with E-state index in [1.807, 2.05) is 0 Å². The van der Waals surface area contributed by atoms with Crippen molar-refractivity contribution in [3.05, 3.63) is 0 Å². The molecule has 0 N–H and O–H groups in total. The van der Waals surface area contributed by atoms with Crippen LogP contribution < -0.4 is 0 Å². The number of nitrogens with zero attached hydrogens (tertiary/aromatic N) is 2. The number of hydrogen-bond acceptors (Lipinski definition) is 8. The van der Waals surface area contributed by atoms with Crippen molar-refractivity contribution in [3.63, 3.8) is 0 Å². The van der Waals surface area contributed by atoms with Crippen LogP contribution in [0.1, 0.15) is 54.4 Å². The van der Waals surface area contributed by atoms with E-state index in [4.69, 9.17) is 9.47 Å². The number of carbonyl (C=O) groups is 4. The van der Waals surface area contributed by atoms with E-state index in [0.717, 1.165) is 0 Å². The first kappa shape index (κ1) is 31.4. The Morgan fingerprint density at radius 3 is 1.19 bits per heavy atom. The standard InChI is InChI=1S/2C12H20FNO4/c2*1-12(2,3)18-11(16)14-6-5-8(9(13)7-14)10(15)17-4/h2*8-9H,5-7H2,1-4H3/t2*8-,9+/m10/s1. The number of amides is 2. The summed E-state index contributed by atoms with van der Waals surface area (Å²) in [5, 5.41) is 0. The van der Waals surface area contributed by atoms with Crippen molar-refractivity contribution in [1.29, 1.82) is 0 Å². The van der Waals surface area contributed by atoms with Crippen molar-refractivity contribution < 1.29 is 46.9 Å². The molecule has 2 rings (SSSR count). The zero-order valence-corrected chi connectivity index (χ0v) is 22.5. The molecule has 2 saturated heterocycles. The zero-order chi connectivity index (χ0) is 27.8. The molecule has 2 fully saturated rings. The van der Waals surface area contributed by atoms with Crippen LogP contribution in [0.4, 0.5) is 18.4 Å². The fourth-order valence-electron chi connectivity index (χ4n) is 3.63. The molecule has 0 aromatic carbocycles. The second-order valence-corrected chi connectivity index (χ2v) is 10.7. The minimum Gasteiger partial charge on any atom is -0.469 e. The summed E-state index contributed by atoms with van der Waals surface area (Å²) in [5.41, 5.74) is -1.22. The normalized spacial score (nSPS) is 24.6. The van der Waals surface area contributed by atoms with Gasteiger partial charge in [0.1, 0.15) is 23.5 Å². The summed E-state index contributed by atoms with van der Waals surface area (Å²) in [4.78, 5) is 48.6. The second kappa shape index (κ2) is 13.0. The lowest BCUT2D eigenvalue weighted by atomic mass is 9.95. The summed E-state index contributed by atoms with van der Waals surface area (Å²) in [6.07, 6.45) is -3.39. The van der Waals surface area contributed by atoms with Crippen LogP contribution in [0.15, 0.2) is 0 Å². The van der Waals surface area contributed by atoms with Gasteiger partial charge in [0.25, 0.3) is 0 Å². The first-order valence-corrected chi connectivity index (χ1v) is 11.9. The highest BCUT2D eigenvalue weighted by Crippen LogP contribution is 2.24. The van der Waals surface area contributed by atoms with Gasteiger partial charge in [-0.2, -0.15) is 0 Å². The maximum Gasteiger partial charge on any atom is 0.410 e. The van der Waals surface area contributed by atoms with E-state index < -0.39 is 59.5 Å². The lowest BCUT2D eigenvalue weighted by molar-refractivity contribution is -0.150. The summed E-state index contributed by atoms with van der Waals surface area (Å²) >= 11 is 0. The van der Waals surface area contributed by atoms with Crippen molar-refractivity contribution in [1.82, 2.24) is 9.80 Å². The average molecular weight is 523 g/mol. The molecule has 0 aromatic rings. The molecular weight excluding hydrogens is 482 g/mol. The van der Waals surface area contributed by atoms with E-state index in [9.17, 15) is 28.0 Å². The van der Waals surface area contributed by atoms with Crippen LogP contribution in [0, 0.1) is 11.8 Å². The molecule has 12 heteroatoms. The van der Waals surface area contributed by atoms with Crippen molar-refractivity contribution in [2.45, 2.75) is 77.9 Å². The van der Waals surface area contributed by atoms with Gasteiger partial charge in [-0.3, -0.25) is 9.59 Å². The van der Waals surface area contributed by atoms with Gasteiger partial charge in [-0.05, 0) is 54.4 Å². The molecule has 2 heterocycles. The number of rotatable bonds is 2.